The van der Waals surface area contributed by atoms with E-state index in [0.29, 0.717) is 6.42 Å². The first kappa shape index (κ1) is 14.4. The second-order valence-corrected chi connectivity index (χ2v) is 6.04. The molecule has 0 bridgehead atoms. The molecule has 0 radical (unpaired) electrons. The maximum absolute atomic E-state index is 11.6. The van der Waals surface area contributed by atoms with Crippen molar-refractivity contribution in [1.82, 2.24) is 5.32 Å². The average molecular weight is 237 g/mol. The second kappa shape index (κ2) is 6.07. The molecule has 0 fully saturated rings. The summed E-state index contributed by atoms with van der Waals surface area (Å²) in [6, 6.07) is 0.104. The van der Waals surface area contributed by atoms with Gasteiger partial charge in [-0.25, -0.2) is 8.42 Å². The molecule has 0 saturated heterocycles. The Labute approximate surface area is 91.1 Å². The van der Waals surface area contributed by atoms with Gasteiger partial charge in [-0.3, -0.25) is 4.79 Å². The highest BCUT2D eigenvalue weighted by molar-refractivity contribution is 7.92. The number of carbonyl (C=O) groups is 1. The summed E-state index contributed by atoms with van der Waals surface area (Å²) in [7, 11) is -0.444. The van der Waals surface area contributed by atoms with Crippen molar-refractivity contribution >= 4 is 15.8 Å². The van der Waals surface area contributed by atoms with Crippen LogP contribution in [0.4, 0.5) is 0 Å². The zero-order chi connectivity index (χ0) is 12.1. The lowest BCUT2D eigenvalue weighted by Crippen LogP contribution is -2.32. The standard InChI is InChI=1S/C9H19NO4S/c1-7(10-3)5-8(2)15(12,13)6-9(11)14-4/h7-8,10H,5-6H2,1-4H3. The highest BCUT2D eigenvalue weighted by atomic mass is 32.2. The number of sulfone groups is 1. The van der Waals surface area contributed by atoms with Crippen LogP contribution in [0.5, 0.6) is 0 Å². The highest BCUT2D eigenvalue weighted by Crippen LogP contribution is 2.09. The van der Waals surface area contributed by atoms with E-state index < -0.39 is 26.8 Å². The normalized spacial score (nSPS) is 15.7. The summed E-state index contributed by atoms with van der Waals surface area (Å²) >= 11 is 0. The molecule has 0 saturated carbocycles. The Balaban J connectivity index is 4.39. The average Bonchev–Trinajstić information content (AvgIpc) is 2.16. The minimum absolute atomic E-state index is 0.104. The molecule has 0 aromatic heterocycles. The summed E-state index contributed by atoms with van der Waals surface area (Å²) in [6.07, 6.45) is 0.482. The molecule has 0 aliphatic rings. The number of nitrogens with one attached hydrogen (secondary N) is 1. The van der Waals surface area contributed by atoms with Crippen molar-refractivity contribution in [1.29, 1.82) is 0 Å². The molecule has 0 heterocycles. The van der Waals surface area contributed by atoms with Crippen molar-refractivity contribution in [2.75, 3.05) is 19.9 Å². The van der Waals surface area contributed by atoms with Crippen LogP contribution < -0.4 is 5.32 Å². The van der Waals surface area contributed by atoms with E-state index in [-0.39, 0.29) is 6.04 Å². The van der Waals surface area contributed by atoms with E-state index in [1.54, 1.807) is 14.0 Å². The first-order valence-corrected chi connectivity index (χ1v) is 6.50. The smallest absolute Gasteiger partial charge is 0.320 e. The molecule has 2 unspecified atom stereocenters. The van der Waals surface area contributed by atoms with Gasteiger partial charge in [0.05, 0.1) is 12.4 Å². The number of methoxy groups -OCH3 is 1. The first-order chi connectivity index (χ1) is 6.83. The number of ether oxygens (including phenoxy) is 1. The zero-order valence-corrected chi connectivity index (χ0v) is 10.4. The lowest BCUT2D eigenvalue weighted by molar-refractivity contribution is -0.137. The number of esters is 1. The minimum Gasteiger partial charge on any atom is -0.468 e. The molecular formula is C9H19NO4S. The number of carbonyl (C=O) groups excluding carboxylic acids is 1. The van der Waals surface area contributed by atoms with Crippen LogP contribution in [-0.2, 0) is 19.4 Å². The van der Waals surface area contributed by atoms with Crippen LogP contribution in [0.15, 0.2) is 0 Å². The van der Waals surface area contributed by atoms with E-state index in [9.17, 15) is 13.2 Å². The quantitative estimate of drug-likeness (QED) is 0.656. The highest BCUT2D eigenvalue weighted by Gasteiger charge is 2.25. The maximum atomic E-state index is 11.6. The summed E-state index contributed by atoms with van der Waals surface area (Å²) in [5.74, 6) is -1.25. The van der Waals surface area contributed by atoms with Crippen molar-refractivity contribution in [3.63, 3.8) is 0 Å². The van der Waals surface area contributed by atoms with Gasteiger partial charge < -0.3 is 10.1 Å². The van der Waals surface area contributed by atoms with Gasteiger partial charge in [0.2, 0.25) is 0 Å². The molecule has 1 N–H and O–H groups in total. The Morgan fingerprint density at radius 1 is 1.40 bits per heavy atom. The van der Waals surface area contributed by atoms with Crippen LogP contribution in [0.2, 0.25) is 0 Å². The zero-order valence-electron chi connectivity index (χ0n) is 9.61. The maximum Gasteiger partial charge on any atom is 0.320 e. The Morgan fingerprint density at radius 2 is 1.93 bits per heavy atom. The van der Waals surface area contributed by atoms with Crippen molar-refractivity contribution in [2.24, 2.45) is 0 Å². The lowest BCUT2D eigenvalue weighted by Gasteiger charge is -2.16. The molecule has 5 nitrogen and oxygen atoms in total. The number of rotatable bonds is 6. The fraction of sp³-hybridized carbons (Fsp3) is 0.889. The summed E-state index contributed by atoms with van der Waals surface area (Å²) in [5.41, 5.74) is 0. The molecule has 15 heavy (non-hydrogen) atoms. The van der Waals surface area contributed by atoms with Gasteiger partial charge >= 0.3 is 5.97 Å². The van der Waals surface area contributed by atoms with Crippen molar-refractivity contribution in [3.05, 3.63) is 0 Å². The fourth-order valence-electron chi connectivity index (χ4n) is 1.13. The van der Waals surface area contributed by atoms with Crippen LogP contribution in [0, 0.1) is 0 Å². The van der Waals surface area contributed by atoms with Crippen LogP contribution in [0.3, 0.4) is 0 Å². The summed E-state index contributed by atoms with van der Waals surface area (Å²) in [5, 5.41) is 2.41. The number of hydrogen-bond acceptors (Lipinski definition) is 5. The van der Waals surface area contributed by atoms with E-state index in [4.69, 9.17) is 0 Å². The van der Waals surface area contributed by atoms with Crippen LogP contribution in [0.25, 0.3) is 0 Å². The Kier molecular flexibility index (Phi) is 5.82. The number of hydrogen-bond donors (Lipinski definition) is 1. The van der Waals surface area contributed by atoms with E-state index in [0.717, 1.165) is 0 Å². The third-order valence-corrected chi connectivity index (χ3v) is 4.39. The van der Waals surface area contributed by atoms with E-state index >= 15 is 0 Å². The van der Waals surface area contributed by atoms with Crippen molar-refractivity contribution < 1.29 is 17.9 Å². The summed E-state index contributed by atoms with van der Waals surface area (Å²) < 4.78 is 27.6. The van der Waals surface area contributed by atoms with E-state index in [2.05, 4.69) is 10.1 Å². The van der Waals surface area contributed by atoms with Gasteiger partial charge in [0, 0.05) is 6.04 Å². The molecule has 2 atom stereocenters. The predicted molar refractivity (Wildman–Crippen MR) is 58.4 cm³/mol. The van der Waals surface area contributed by atoms with Crippen molar-refractivity contribution in [2.45, 2.75) is 31.6 Å². The summed E-state index contributed by atoms with van der Waals surface area (Å²) in [4.78, 5) is 10.9. The van der Waals surface area contributed by atoms with Crippen LogP contribution in [-0.4, -0.2) is 45.6 Å². The molecule has 0 aromatic carbocycles. The van der Waals surface area contributed by atoms with Gasteiger partial charge in [-0.2, -0.15) is 0 Å². The third-order valence-electron chi connectivity index (χ3n) is 2.34. The third kappa shape index (κ3) is 5.13. The van der Waals surface area contributed by atoms with E-state index in [1.807, 2.05) is 6.92 Å². The summed E-state index contributed by atoms with van der Waals surface area (Å²) in [6.45, 7) is 3.50. The minimum atomic E-state index is -3.39. The molecule has 0 amide bonds. The first-order valence-electron chi connectivity index (χ1n) is 4.79. The predicted octanol–water partition coefficient (Wildman–Crippen LogP) is -0.0393. The topological polar surface area (TPSA) is 72.5 Å². The lowest BCUT2D eigenvalue weighted by atomic mass is 10.2. The van der Waals surface area contributed by atoms with Crippen LogP contribution in [0.1, 0.15) is 20.3 Å². The fourth-order valence-corrected chi connectivity index (χ4v) is 2.44. The molecule has 0 aliphatic carbocycles. The SMILES string of the molecule is CNC(C)CC(C)S(=O)(=O)CC(=O)OC. The van der Waals surface area contributed by atoms with Gasteiger partial charge in [-0.15, -0.1) is 0 Å². The molecular weight excluding hydrogens is 218 g/mol. The largest absolute Gasteiger partial charge is 0.468 e. The van der Waals surface area contributed by atoms with Gasteiger partial charge in [0.15, 0.2) is 9.84 Å². The van der Waals surface area contributed by atoms with Crippen molar-refractivity contribution in [3.8, 4) is 0 Å². The van der Waals surface area contributed by atoms with Gasteiger partial charge in [-0.1, -0.05) is 0 Å². The monoisotopic (exact) mass is 237 g/mol. The van der Waals surface area contributed by atoms with Crippen LogP contribution >= 0.6 is 0 Å². The molecule has 0 aromatic rings. The van der Waals surface area contributed by atoms with E-state index in [1.165, 1.54) is 7.11 Å². The molecule has 6 heteroatoms. The van der Waals surface area contributed by atoms with Gasteiger partial charge in [0.25, 0.3) is 0 Å². The Bertz CT molecular complexity index is 299. The van der Waals surface area contributed by atoms with Gasteiger partial charge in [0.1, 0.15) is 5.75 Å². The Hall–Kier alpha value is -0.620. The second-order valence-electron chi connectivity index (χ2n) is 3.62. The Morgan fingerprint density at radius 3 is 2.33 bits per heavy atom. The molecule has 0 spiro atoms. The molecule has 0 aliphatic heterocycles. The molecule has 0 rings (SSSR count). The van der Waals surface area contributed by atoms with Gasteiger partial charge in [-0.05, 0) is 27.3 Å². The molecule has 90 valence electrons.